The van der Waals surface area contributed by atoms with Crippen molar-refractivity contribution in [3.63, 3.8) is 0 Å². The highest BCUT2D eigenvalue weighted by Gasteiger charge is 2.19. The van der Waals surface area contributed by atoms with Gasteiger partial charge in [-0.15, -0.1) is 0 Å². The van der Waals surface area contributed by atoms with Crippen molar-refractivity contribution in [3.8, 4) is 0 Å². The van der Waals surface area contributed by atoms with Crippen LogP contribution in [0.2, 0.25) is 0 Å². The Labute approximate surface area is 109 Å². The van der Waals surface area contributed by atoms with E-state index in [1.54, 1.807) is 0 Å². The van der Waals surface area contributed by atoms with Crippen LogP contribution >= 0.6 is 15.9 Å². The van der Waals surface area contributed by atoms with Gasteiger partial charge in [0.15, 0.2) is 0 Å². The molecule has 0 radical (unpaired) electrons. The van der Waals surface area contributed by atoms with Crippen molar-refractivity contribution in [2.45, 2.75) is 31.8 Å². The normalized spacial score (nSPS) is 21.5. The molecule has 0 aliphatic heterocycles. The van der Waals surface area contributed by atoms with Gasteiger partial charge < -0.3 is 5.11 Å². The summed E-state index contributed by atoms with van der Waals surface area (Å²) in [5.74, 6) is 0.0483. The first kappa shape index (κ1) is 12.8. The summed E-state index contributed by atoms with van der Waals surface area (Å²) in [4.78, 5) is 0. The Morgan fingerprint density at radius 2 is 2.18 bits per heavy atom. The van der Waals surface area contributed by atoms with Crippen LogP contribution < -0.4 is 0 Å². The molecule has 0 heterocycles. The molecule has 0 amide bonds. The molecular weight excluding hydrogens is 283 g/mol. The van der Waals surface area contributed by atoms with Crippen molar-refractivity contribution in [1.29, 1.82) is 0 Å². The quantitative estimate of drug-likeness (QED) is 0.841. The highest BCUT2D eigenvalue weighted by Crippen LogP contribution is 2.25. The molecule has 0 spiro atoms. The van der Waals surface area contributed by atoms with E-state index in [1.165, 1.54) is 12.1 Å². The maximum absolute atomic E-state index is 13.2. The van der Waals surface area contributed by atoms with Crippen molar-refractivity contribution in [2.24, 2.45) is 5.92 Å². The van der Waals surface area contributed by atoms with Crippen LogP contribution in [0.1, 0.15) is 24.8 Å². The van der Waals surface area contributed by atoms with E-state index in [-0.39, 0.29) is 11.9 Å². The molecule has 2 unspecified atom stereocenters. The maximum Gasteiger partial charge on any atom is 0.124 e. The van der Waals surface area contributed by atoms with Gasteiger partial charge in [0.05, 0.1) is 6.10 Å². The Hall–Kier alpha value is -0.670. The van der Waals surface area contributed by atoms with Crippen LogP contribution in [0.3, 0.4) is 0 Å². The molecule has 17 heavy (non-hydrogen) atoms. The Balaban J connectivity index is 2.01. The zero-order valence-corrected chi connectivity index (χ0v) is 11.2. The van der Waals surface area contributed by atoms with Crippen molar-refractivity contribution < 1.29 is 9.50 Å². The molecule has 1 N–H and O–H groups in total. The maximum atomic E-state index is 13.2. The van der Waals surface area contributed by atoms with Crippen LogP contribution in [0.5, 0.6) is 0 Å². The third-order valence-electron chi connectivity index (χ3n) is 3.22. The van der Waals surface area contributed by atoms with Gasteiger partial charge in [-0.3, -0.25) is 0 Å². The van der Waals surface area contributed by atoms with Gasteiger partial charge in [-0.2, -0.15) is 0 Å². The van der Waals surface area contributed by atoms with Crippen molar-refractivity contribution in [2.75, 3.05) is 0 Å². The first-order valence-electron chi connectivity index (χ1n) is 5.93. The van der Waals surface area contributed by atoms with Gasteiger partial charge >= 0.3 is 0 Å². The minimum absolute atomic E-state index is 0.259. The minimum atomic E-state index is -0.381. The summed E-state index contributed by atoms with van der Waals surface area (Å²) >= 11 is 3.27. The van der Waals surface area contributed by atoms with Crippen LogP contribution in [0.25, 0.3) is 0 Å². The lowest BCUT2D eigenvalue weighted by atomic mass is 9.86. The zero-order valence-electron chi connectivity index (χ0n) is 9.57. The van der Waals surface area contributed by atoms with Gasteiger partial charge in [-0.25, -0.2) is 4.39 Å². The molecule has 92 valence electrons. The van der Waals surface area contributed by atoms with Crippen LogP contribution in [-0.4, -0.2) is 11.2 Å². The fourth-order valence-corrected chi connectivity index (χ4v) is 2.82. The number of benzene rings is 1. The number of aliphatic hydroxyl groups excluding tert-OH is 1. The molecule has 0 fully saturated rings. The van der Waals surface area contributed by atoms with Crippen LogP contribution in [0.4, 0.5) is 4.39 Å². The van der Waals surface area contributed by atoms with Gasteiger partial charge in [0.1, 0.15) is 5.82 Å². The Morgan fingerprint density at radius 3 is 2.82 bits per heavy atom. The molecule has 1 aromatic rings. The third-order valence-corrected chi connectivity index (χ3v) is 3.68. The van der Waals surface area contributed by atoms with Crippen LogP contribution in [-0.2, 0) is 6.42 Å². The topological polar surface area (TPSA) is 20.2 Å². The Kier molecular flexibility index (Phi) is 4.35. The molecule has 2 atom stereocenters. The summed E-state index contributed by atoms with van der Waals surface area (Å²) in [6.07, 6.45) is 7.41. The second kappa shape index (κ2) is 5.78. The van der Waals surface area contributed by atoms with Crippen molar-refractivity contribution in [1.82, 2.24) is 0 Å². The molecule has 1 aromatic carbocycles. The monoisotopic (exact) mass is 298 g/mol. The van der Waals surface area contributed by atoms with E-state index in [0.717, 1.165) is 29.3 Å². The molecule has 0 saturated carbocycles. The Bertz CT molecular complexity index is 396. The fourth-order valence-electron chi connectivity index (χ4n) is 2.30. The third kappa shape index (κ3) is 3.65. The zero-order chi connectivity index (χ0) is 12.3. The predicted molar refractivity (Wildman–Crippen MR) is 70.3 cm³/mol. The first-order valence-corrected chi connectivity index (χ1v) is 6.72. The molecule has 1 nitrogen and oxygen atoms in total. The second-order valence-electron chi connectivity index (χ2n) is 4.59. The molecule has 0 saturated heterocycles. The highest BCUT2D eigenvalue weighted by atomic mass is 79.9. The van der Waals surface area contributed by atoms with E-state index >= 15 is 0 Å². The number of allylic oxidation sites excluding steroid dienone is 2. The summed E-state index contributed by atoms with van der Waals surface area (Å²) in [6, 6.07) is 4.79. The number of halogens is 2. The molecule has 1 aliphatic carbocycles. The molecule has 3 heteroatoms. The molecule has 2 rings (SSSR count). The Morgan fingerprint density at radius 1 is 1.35 bits per heavy atom. The minimum Gasteiger partial charge on any atom is -0.392 e. The van der Waals surface area contributed by atoms with E-state index in [4.69, 9.17) is 0 Å². The second-order valence-corrected chi connectivity index (χ2v) is 5.51. The van der Waals surface area contributed by atoms with E-state index in [2.05, 4.69) is 28.1 Å². The van der Waals surface area contributed by atoms with Gasteiger partial charge in [0, 0.05) is 4.47 Å². The van der Waals surface area contributed by atoms with E-state index < -0.39 is 0 Å². The van der Waals surface area contributed by atoms with E-state index in [9.17, 15) is 9.50 Å². The van der Waals surface area contributed by atoms with Crippen LogP contribution in [0.15, 0.2) is 34.8 Å². The summed E-state index contributed by atoms with van der Waals surface area (Å²) in [5.41, 5.74) is 0.846. The molecule has 1 aliphatic rings. The average Bonchev–Trinajstić information content (AvgIpc) is 2.28. The predicted octanol–water partition coefficient (Wildman–Crippen LogP) is 3.85. The van der Waals surface area contributed by atoms with Gasteiger partial charge in [-0.05, 0) is 55.4 Å². The smallest absolute Gasteiger partial charge is 0.124 e. The molecular formula is C14H16BrFO. The van der Waals surface area contributed by atoms with Gasteiger partial charge in [-0.1, -0.05) is 28.1 Å². The van der Waals surface area contributed by atoms with Crippen molar-refractivity contribution >= 4 is 15.9 Å². The number of hydrogen-bond acceptors (Lipinski definition) is 1. The summed E-state index contributed by atoms with van der Waals surface area (Å²) in [5, 5.41) is 10.1. The lowest BCUT2D eigenvalue weighted by molar-refractivity contribution is 0.102. The largest absolute Gasteiger partial charge is 0.392 e. The van der Waals surface area contributed by atoms with E-state index in [0.29, 0.717) is 12.3 Å². The lowest BCUT2D eigenvalue weighted by Crippen LogP contribution is -2.23. The van der Waals surface area contributed by atoms with E-state index in [1.807, 2.05) is 6.07 Å². The van der Waals surface area contributed by atoms with Gasteiger partial charge in [0.2, 0.25) is 0 Å². The summed E-state index contributed by atoms with van der Waals surface area (Å²) in [7, 11) is 0. The standard InChI is InChI=1S/C14H16BrFO/c15-12-6-10(7-13(16)9-12)8-14(17)11-4-2-1-3-5-11/h1-2,6-7,9,11,14,17H,3-5,8H2. The van der Waals surface area contributed by atoms with Crippen molar-refractivity contribution in [3.05, 3.63) is 46.2 Å². The number of rotatable bonds is 3. The first-order chi connectivity index (χ1) is 8.15. The number of aliphatic hydroxyl groups is 1. The molecule has 0 bridgehead atoms. The number of hydrogen-bond donors (Lipinski definition) is 1. The van der Waals surface area contributed by atoms with Gasteiger partial charge in [0.25, 0.3) is 0 Å². The van der Waals surface area contributed by atoms with Crippen LogP contribution in [0, 0.1) is 11.7 Å². The summed E-state index contributed by atoms with van der Waals surface area (Å²) < 4.78 is 13.9. The molecule has 0 aromatic heterocycles. The summed E-state index contributed by atoms with van der Waals surface area (Å²) in [6.45, 7) is 0. The lowest BCUT2D eigenvalue weighted by Gasteiger charge is -2.23. The SMILES string of the molecule is OC(Cc1cc(F)cc(Br)c1)C1CC=CCC1. The average molecular weight is 299 g/mol. The fraction of sp³-hybridized carbons (Fsp3) is 0.429. The highest BCUT2D eigenvalue weighted by molar-refractivity contribution is 9.10.